The van der Waals surface area contributed by atoms with Crippen LogP contribution < -0.4 is 14.8 Å². The van der Waals surface area contributed by atoms with Crippen molar-refractivity contribution >= 4 is 22.6 Å². The van der Waals surface area contributed by atoms with Gasteiger partial charge in [0.25, 0.3) is 0 Å². The molecule has 0 saturated heterocycles. The first-order valence-corrected chi connectivity index (χ1v) is 7.21. The molecule has 1 aromatic carbocycles. The highest BCUT2D eigenvalue weighted by molar-refractivity contribution is 14.1. The Balaban J connectivity index is 2.82. The average Bonchev–Trinajstić information content (AvgIpc) is 2.34. The van der Waals surface area contributed by atoms with Gasteiger partial charge in [0.1, 0.15) is 0 Å². The molecule has 1 N–H and O–H groups in total. The van der Waals surface area contributed by atoms with Crippen molar-refractivity contribution in [2.75, 3.05) is 14.2 Å². The van der Waals surface area contributed by atoms with Crippen molar-refractivity contribution in [1.82, 2.24) is 5.32 Å². The van der Waals surface area contributed by atoms with Crippen molar-refractivity contribution in [3.05, 3.63) is 21.3 Å². The van der Waals surface area contributed by atoms with Gasteiger partial charge in [-0.3, -0.25) is 0 Å². The fourth-order valence-electron chi connectivity index (χ4n) is 1.59. The van der Waals surface area contributed by atoms with Gasteiger partial charge >= 0.3 is 0 Å². The Morgan fingerprint density at radius 3 is 2.33 bits per heavy atom. The first-order chi connectivity index (χ1) is 8.49. The van der Waals surface area contributed by atoms with E-state index in [9.17, 15) is 0 Å². The molecule has 1 unspecified atom stereocenters. The summed E-state index contributed by atoms with van der Waals surface area (Å²) in [6.07, 6.45) is 0. The lowest BCUT2D eigenvalue weighted by Gasteiger charge is -2.18. The van der Waals surface area contributed by atoms with E-state index in [1.165, 1.54) is 5.56 Å². The largest absolute Gasteiger partial charge is 0.493 e. The first kappa shape index (κ1) is 15.6. The maximum absolute atomic E-state index is 5.35. The molecule has 1 aromatic rings. The van der Waals surface area contributed by atoms with Gasteiger partial charge in [0.15, 0.2) is 11.5 Å². The van der Waals surface area contributed by atoms with E-state index in [-0.39, 0.29) is 0 Å². The van der Waals surface area contributed by atoms with Crippen LogP contribution in [0.1, 0.15) is 26.3 Å². The van der Waals surface area contributed by atoms with Crippen molar-refractivity contribution in [2.45, 2.75) is 33.4 Å². The minimum Gasteiger partial charge on any atom is -0.493 e. The molecular formula is C14H22INO2. The predicted octanol–water partition coefficient (Wildman–Crippen LogP) is 3.44. The second-order valence-electron chi connectivity index (χ2n) is 4.73. The normalized spacial score (nSPS) is 12.6. The zero-order chi connectivity index (χ0) is 13.7. The molecule has 1 atom stereocenters. The van der Waals surface area contributed by atoms with Gasteiger partial charge in [-0.05, 0) is 53.1 Å². The SMILES string of the molecule is COc1cc(CNC(C)C(C)C)cc(I)c1OC. The van der Waals surface area contributed by atoms with Crippen molar-refractivity contribution in [3.8, 4) is 11.5 Å². The lowest BCUT2D eigenvalue weighted by Crippen LogP contribution is -2.30. The Labute approximate surface area is 123 Å². The monoisotopic (exact) mass is 363 g/mol. The molecule has 0 fully saturated rings. The van der Waals surface area contributed by atoms with Crippen molar-refractivity contribution in [2.24, 2.45) is 5.92 Å². The zero-order valence-corrected chi connectivity index (χ0v) is 13.9. The van der Waals surface area contributed by atoms with E-state index in [1.807, 2.05) is 6.07 Å². The summed E-state index contributed by atoms with van der Waals surface area (Å²) in [5.41, 5.74) is 1.21. The van der Waals surface area contributed by atoms with Crippen LogP contribution >= 0.6 is 22.6 Å². The van der Waals surface area contributed by atoms with E-state index in [0.717, 1.165) is 21.6 Å². The molecule has 0 saturated carbocycles. The number of ether oxygens (including phenoxy) is 2. The Morgan fingerprint density at radius 2 is 1.83 bits per heavy atom. The number of hydrogen-bond acceptors (Lipinski definition) is 3. The predicted molar refractivity (Wildman–Crippen MR) is 83.4 cm³/mol. The highest BCUT2D eigenvalue weighted by atomic mass is 127. The van der Waals surface area contributed by atoms with E-state index in [4.69, 9.17) is 9.47 Å². The molecule has 0 aliphatic carbocycles. The van der Waals surface area contributed by atoms with E-state index in [1.54, 1.807) is 14.2 Å². The van der Waals surface area contributed by atoms with Crippen LogP contribution in [0, 0.1) is 9.49 Å². The summed E-state index contributed by atoms with van der Waals surface area (Å²) in [4.78, 5) is 0. The Kier molecular flexibility index (Phi) is 6.21. The first-order valence-electron chi connectivity index (χ1n) is 6.13. The number of methoxy groups -OCH3 is 2. The molecule has 0 aliphatic heterocycles. The summed E-state index contributed by atoms with van der Waals surface area (Å²) >= 11 is 2.27. The van der Waals surface area contributed by atoms with Crippen LogP contribution in [0.15, 0.2) is 12.1 Å². The molecule has 0 aromatic heterocycles. The molecule has 0 amide bonds. The van der Waals surface area contributed by atoms with E-state index >= 15 is 0 Å². The molecule has 4 heteroatoms. The molecule has 0 radical (unpaired) electrons. The number of hydrogen-bond donors (Lipinski definition) is 1. The van der Waals surface area contributed by atoms with Gasteiger partial charge in [0.2, 0.25) is 0 Å². The van der Waals surface area contributed by atoms with Gasteiger partial charge < -0.3 is 14.8 Å². The standard InChI is InChI=1S/C14H22INO2/c1-9(2)10(3)16-8-11-6-12(15)14(18-5)13(7-11)17-4/h6-7,9-10,16H,8H2,1-5H3. The van der Waals surface area contributed by atoms with Gasteiger partial charge in [-0.1, -0.05) is 13.8 Å². The molecule has 0 heterocycles. The lowest BCUT2D eigenvalue weighted by atomic mass is 10.1. The van der Waals surface area contributed by atoms with Gasteiger partial charge in [0.05, 0.1) is 17.8 Å². The van der Waals surface area contributed by atoms with Crippen LogP contribution in [-0.2, 0) is 6.54 Å². The summed E-state index contributed by atoms with van der Waals surface area (Å²) < 4.78 is 11.8. The van der Waals surface area contributed by atoms with Crippen LogP contribution in [0.5, 0.6) is 11.5 Å². The zero-order valence-electron chi connectivity index (χ0n) is 11.7. The van der Waals surface area contributed by atoms with E-state index < -0.39 is 0 Å². The van der Waals surface area contributed by atoms with E-state index in [0.29, 0.717) is 12.0 Å². The van der Waals surface area contributed by atoms with Crippen molar-refractivity contribution in [1.29, 1.82) is 0 Å². The summed E-state index contributed by atoms with van der Waals surface area (Å²) in [6, 6.07) is 4.65. The van der Waals surface area contributed by atoms with Crippen molar-refractivity contribution < 1.29 is 9.47 Å². The topological polar surface area (TPSA) is 30.5 Å². The fourth-order valence-corrected chi connectivity index (χ4v) is 2.47. The molecule has 0 aliphatic rings. The third kappa shape index (κ3) is 4.02. The smallest absolute Gasteiger partial charge is 0.174 e. The van der Waals surface area contributed by atoms with Gasteiger partial charge in [0, 0.05) is 12.6 Å². The lowest BCUT2D eigenvalue weighted by molar-refractivity contribution is 0.352. The highest BCUT2D eigenvalue weighted by Gasteiger charge is 2.11. The fraction of sp³-hybridized carbons (Fsp3) is 0.571. The van der Waals surface area contributed by atoms with Crippen LogP contribution in [-0.4, -0.2) is 20.3 Å². The summed E-state index contributed by atoms with van der Waals surface area (Å²) in [5.74, 6) is 2.22. The average molecular weight is 363 g/mol. The molecule has 0 spiro atoms. The van der Waals surface area contributed by atoms with Crippen LogP contribution in [0.25, 0.3) is 0 Å². The molecule has 0 bridgehead atoms. The summed E-state index contributed by atoms with van der Waals surface area (Å²) in [7, 11) is 3.33. The van der Waals surface area contributed by atoms with Gasteiger partial charge in [-0.2, -0.15) is 0 Å². The van der Waals surface area contributed by atoms with Gasteiger partial charge in [-0.15, -0.1) is 0 Å². The third-order valence-electron chi connectivity index (χ3n) is 3.12. The number of halogens is 1. The Bertz CT molecular complexity index is 394. The second kappa shape index (κ2) is 7.19. The highest BCUT2D eigenvalue weighted by Crippen LogP contribution is 2.33. The number of benzene rings is 1. The second-order valence-corrected chi connectivity index (χ2v) is 5.89. The molecular weight excluding hydrogens is 341 g/mol. The molecule has 18 heavy (non-hydrogen) atoms. The van der Waals surface area contributed by atoms with Crippen LogP contribution in [0.4, 0.5) is 0 Å². The van der Waals surface area contributed by atoms with E-state index in [2.05, 4.69) is 54.7 Å². The summed E-state index contributed by atoms with van der Waals surface area (Å²) in [6.45, 7) is 7.48. The summed E-state index contributed by atoms with van der Waals surface area (Å²) in [5, 5.41) is 3.51. The van der Waals surface area contributed by atoms with Crippen molar-refractivity contribution in [3.63, 3.8) is 0 Å². The number of rotatable bonds is 6. The third-order valence-corrected chi connectivity index (χ3v) is 3.92. The Hall–Kier alpha value is -0.490. The minimum absolute atomic E-state index is 0.496. The van der Waals surface area contributed by atoms with Crippen LogP contribution in [0.2, 0.25) is 0 Å². The minimum atomic E-state index is 0.496. The Morgan fingerprint density at radius 1 is 1.17 bits per heavy atom. The van der Waals surface area contributed by atoms with Crippen LogP contribution in [0.3, 0.4) is 0 Å². The molecule has 102 valence electrons. The number of nitrogens with one attached hydrogen (secondary N) is 1. The molecule has 3 nitrogen and oxygen atoms in total. The van der Waals surface area contributed by atoms with Gasteiger partial charge in [-0.25, -0.2) is 0 Å². The maximum atomic E-state index is 5.35. The maximum Gasteiger partial charge on any atom is 0.174 e. The molecule has 1 rings (SSSR count). The quantitative estimate of drug-likeness (QED) is 0.786.